The molecular formula is C21H16N4O3. The average Bonchev–Trinajstić information content (AvgIpc) is 2.71. The van der Waals surface area contributed by atoms with E-state index in [2.05, 4.69) is 20.5 Å². The number of aromatic amines is 1. The molecule has 28 heavy (non-hydrogen) atoms. The van der Waals surface area contributed by atoms with Gasteiger partial charge in [0, 0.05) is 17.1 Å². The molecule has 0 fully saturated rings. The minimum absolute atomic E-state index is 0.193. The topological polar surface area (TPSA) is 97.0 Å². The quantitative estimate of drug-likeness (QED) is 0.570. The van der Waals surface area contributed by atoms with Crippen LogP contribution in [0.25, 0.3) is 10.8 Å². The Labute approximate surface area is 160 Å². The van der Waals surface area contributed by atoms with Crippen molar-refractivity contribution in [2.75, 3.05) is 5.32 Å². The molecule has 0 aliphatic carbocycles. The maximum atomic E-state index is 12.5. The molecule has 1 amide bonds. The largest absolute Gasteiger partial charge is 0.438 e. The summed E-state index contributed by atoms with van der Waals surface area (Å²) in [5.74, 6) is 0.548. The summed E-state index contributed by atoms with van der Waals surface area (Å²) in [5.41, 5.74) is 1.27. The second-order valence-electron chi connectivity index (χ2n) is 6.19. The van der Waals surface area contributed by atoms with Gasteiger partial charge in [0.05, 0.1) is 5.69 Å². The van der Waals surface area contributed by atoms with E-state index >= 15 is 0 Å². The molecule has 2 N–H and O–H groups in total. The van der Waals surface area contributed by atoms with Crippen molar-refractivity contribution in [1.29, 1.82) is 0 Å². The van der Waals surface area contributed by atoms with Crippen LogP contribution in [0.1, 0.15) is 16.2 Å². The summed E-state index contributed by atoms with van der Waals surface area (Å²) in [6.45, 7) is 1.84. The number of nitrogens with one attached hydrogen (secondary N) is 2. The number of aryl methyl sites for hydroxylation is 1. The van der Waals surface area contributed by atoms with Gasteiger partial charge in [-0.05, 0) is 54.8 Å². The van der Waals surface area contributed by atoms with E-state index in [1.54, 1.807) is 60.7 Å². The number of aromatic nitrogens is 3. The van der Waals surface area contributed by atoms with Crippen molar-refractivity contribution in [2.24, 2.45) is 0 Å². The van der Waals surface area contributed by atoms with Gasteiger partial charge in [0.1, 0.15) is 11.4 Å². The fraction of sp³-hybridized carbons (Fsp3) is 0.0476. The highest BCUT2D eigenvalue weighted by Crippen LogP contribution is 2.21. The summed E-state index contributed by atoms with van der Waals surface area (Å²) in [6.07, 6.45) is 0. The van der Waals surface area contributed by atoms with Gasteiger partial charge in [-0.3, -0.25) is 9.59 Å². The lowest BCUT2D eigenvalue weighted by Gasteiger charge is -2.08. The lowest BCUT2D eigenvalue weighted by molar-refractivity contribution is 0.102. The highest BCUT2D eigenvalue weighted by atomic mass is 16.5. The Kier molecular flexibility index (Phi) is 4.55. The first kappa shape index (κ1) is 17.4. The zero-order chi connectivity index (χ0) is 19.5. The number of anilines is 1. The van der Waals surface area contributed by atoms with Crippen LogP contribution in [-0.4, -0.2) is 21.1 Å². The molecule has 138 valence electrons. The van der Waals surface area contributed by atoms with Crippen molar-refractivity contribution in [2.45, 2.75) is 6.92 Å². The van der Waals surface area contributed by atoms with Gasteiger partial charge in [-0.15, -0.1) is 5.10 Å². The third-order valence-corrected chi connectivity index (χ3v) is 4.11. The number of hydrogen-bond donors (Lipinski definition) is 2. The Bertz CT molecular complexity index is 1200. The third-order valence-electron chi connectivity index (χ3n) is 4.11. The Balaban J connectivity index is 1.49. The smallest absolute Gasteiger partial charge is 0.272 e. The maximum Gasteiger partial charge on any atom is 0.272 e. The molecule has 0 saturated heterocycles. The fourth-order valence-electron chi connectivity index (χ4n) is 2.70. The molecule has 0 bridgehead atoms. The Hall–Kier alpha value is -4.00. The Morgan fingerprint density at radius 1 is 1.00 bits per heavy atom. The molecule has 4 aromatic rings. The van der Waals surface area contributed by atoms with Gasteiger partial charge in [0.25, 0.3) is 11.5 Å². The summed E-state index contributed by atoms with van der Waals surface area (Å²) in [4.78, 5) is 27.2. The van der Waals surface area contributed by atoms with Crippen LogP contribution in [0.5, 0.6) is 11.6 Å². The molecule has 2 aromatic carbocycles. The number of rotatable bonds is 4. The second kappa shape index (κ2) is 7.32. The monoisotopic (exact) mass is 372 g/mol. The molecule has 0 aliphatic rings. The van der Waals surface area contributed by atoms with Gasteiger partial charge in [0.15, 0.2) is 0 Å². The molecule has 7 heteroatoms. The number of amides is 1. The number of fused-ring (bicyclic) bond motifs is 1. The van der Waals surface area contributed by atoms with Crippen LogP contribution in [0.4, 0.5) is 5.69 Å². The summed E-state index contributed by atoms with van der Waals surface area (Å²) in [5, 5.41) is 11.9. The molecular weight excluding hydrogens is 356 g/mol. The fourth-order valence-corrected chi connectivity index (χ4v) is 2.70. The van der Waals surface area contributed by atoms with Gasteiger partial charge in [0.2, 0.25) is 5.88 Å². The van der Waals surface area contributed by atoms with E-state index in [0.29, 0.717) is 28.1 Å². The predicted molar refractivity (Wildman–Crippen MR) is 106 cm³/mol. The van der Waals surface area contributed by atoms with Crippen LogP contribution in [0.2, 0.25) is 0 Å². The number of ether oxygens (including phenoxy) is 1. The van der Waals surface area contributed by atoms with E-state index in [-0.39, 0.29) is 11.3 Å². The second-order valence-corrected chi connectivity index (χ2v) is 6.19. The maximum absolute atomic E-state index is 12.5. The Morgan fingerprint density at radius 2 is 1.79 bits per heavy atom. The highest BCUT2D eigenvalue weighted by Gasteiger charge is 2.10. The minimum Gasteiger partial charge on any atom is -0.438 e. The number of pyridine rings is 1. The van der Waals surface area contributed by atoms with Crippen LogP contribution in [-0.2, 0) is 0 Å². The van der Waals surface area contributed by atoms with Crippen molar-refractivity contribution in [1.82, 2.24) is 15.2 Å². The van der Waals surface area contributed by atoms with Gasteiger partial charge in [-0.2, -0.15) is 5.10 Å². The van der Waals surface area contributed by atoms with Crippen molar-refractivity contribution in [3.63, 3.8) is 0 Å². The summed E-state index contributed by atoms with van der Waals surface area (Å²) >= 11 is 0. The van der Waals surface area contributed by atoms with Crippen molar-refractivity contribution < 1.29 is 9.53 Å². The molecule has 0 spiro atoms. The summed E-state index contributed by atoms with van der Waals surface area (Å²) in [7, 11) is 0. The molecule has 7 nitrogen and oxygen atoms in total. The number of carbonyl (C=O) groups is 1. The number of hydrogen-bond acceptors (Lipinski definition) is 5. The highest BCUT2D eigenvalue weighted by molar-refractivity contribution is 6.04. The first-order chi connectivity index (χ1) is 13.6. The van der Waals surface area contributed by atoms with Crippen LogP contribution in [0.15, 0.2) is 71.5 Å². The normalized spacial score (nSPS) is 10.6. The average molecular weight is 372 g/mol. The standard InChI is InChI=1S/C21H16N4O3/c1-13-6-11-19(25-24-13)28-16-9-7-15(8-10-16)22-21(27)18-12-14-4-2-3-5-17(14)20(26)23-18/h2-12H,1H3,(H,22,27)(H,23,26). The van der Waals surface area contributed by atoms with Crippen LogP contribution in [0, 0.1) is 6.92 Å². The zero-order valence-electron chi connectivity index (χ0n) is 15.0. The van der Waals surface area contributed by atoms with Crippen molar-refractivity contribution >= 4 is 22.4 Å². The summed E-state index contributed by atoms with van der Waals surface area (Å²) < 4.78 is 5.61. The van der Waals surface area contributed by atoms with Gasteiger partial charge < -0.3 is 15.0 Å². The van der Waals surface area contributed by atoms with Crippen LogP contribution in [0.3, 0.4) is 0 Å². The zero-order valence-corrected chi connectivity index (χ0v) is 15.0. The molecule has 4 rings (SSSR count). The predicted octanol–water partition coefficient (Wildman–Crippen LogP) is 3.67. The van der Waals surface area contributed by atoms with Gasteiger partial charge in [-0.1, -0.05) is 18.2 Å². The first-order valence-electron chi connectivity index (χ1n) is 8.60. The van der Waals surface area contributed by atoms with E-state index < -0.39 is 5.91 Å². The van der Waals surface area contributed by atoms with E-state index in [9.17, 15) is 9.59 Å². The summed E-state index contributed by atoms with van der Waals surface area (Å²) in [6, 6.07) is 19.1. The number of H-pyrrole nitrogens is 1. The molecule has 2 aromatic heterocycles. The van der Waals surface area contributed by atoms with Gasteiger partial charge in [-0.25, -0.2) is 0 Å². The van der Waals surface area contributed by atoms with Crippen molar-refractivity contribution in [3.8, 4) is 11.6 Å². The van der Waals surface area contributed by atoms with Crippen LogP contribution >= 0.6 is 0 Å². The lowest BCUT2D eigenvalue weighted by Crippen LogP contribution is -2.18. The van der Waals surface area contributed by atoms with E-state index in [1.165, 1.54) is 0 Å². The molecule has 2 heterocycles. The lowest BCUT2D eigenvalue weighted by atomic mass is 10.1. The third kappa shape index (κ3) is 3.73. The molecule has 0 saturated carbocycles. The SMILES string of the molecule is Cc1ccc(Oc2ccc(NC(=O)c3cc4ccccc4c(=O)[nH]3)cc2)nn1. The first-order valence-corrected chi connectivity index (χ1v) is 8.60. The van der Waals surface area contributed by atoms with Gasteiger partial charge >= 0.3 is 0 Å². The van der Waals surface area contributed by atoms with Crippen molar-refractivity contribution in [3.05, 3.63) is 88.5 Å². The number of carbonyl (C=O) groups excluding carboxylic acids is 1. The van der Waals surface area contributed by atoms with Crippen LogP contribution < -0.4 is 15.6 Å². The number of nitrogens with zero attached hydrogens (tertiary/aromatic N) is 2. The molecule has 0 radical (unpaired) electrons. The Morgan fingerprint density at radius 3 is 2.54 bits per heavy atom. The van der Waals surface area contributed by atoms with E-state index in [4.69, 9.17) is 4.74 Å². The number of benzene rings is 2. The minimum atomic E-state index is -0.402. The van der Waals surface area contributed by atoms with E-state index in [0.717, 1.165) is 5.69 Å². The molecule has 0 atom stereocenters. The van der Waals surface area contributed by atoms with E-state index in [1.807, 2.05) is 13.0 Å². The molecule has 0 aliphatic heterocycles. The molecule has 0 unspecified atom stereocenters.